The maximum Gasteiger partial charge on any atom is 0.174 e. The van der Waals surface area contributed by atoms with Crippen LogP contribution in [-0.2, 0) is 0 Å². The molecule has 200 valence electrons. The lowest BCUT2D eigenvalue weighted by molar-refractivity contribution is 0.438. The van der Waals surface area contributed by atoms with Crippen molar-refractivity contribution >= 4 is 40.3 Å². The largest absolute Gasteiger partial charge is 0.370 e. The molecule has 0 aliphatic carbocycles. The molecule has 4 aromatic rings. The van der Waals surface area contributed by atoms with E-state index in [4.69, 9.17) is 28.8 Å². The number of aryl methyl sites for hydroxylation is 1. The van der Waals surface area contributed by atoms with Crippen molar-refractivity contribution in [2.75, 3.05) is 22.9 Å². The smallest absolute Gasteiger partial charge is 0.174 e. The third kappa shape index (κ3) is 4.81. The molecule has 0 spiro atoms. The normalized spacial score (nSPS) is 19.9. The number of anilines is 2. The topological polar surface area (TPSA) is 36.3 Å². The molecule has 2 aliphatic rings. The van der Waals surface area contributed by atoms with Gasteiger partial charge < -0.3 is 19.7 Å². The maximum absolute atomic E-state index is 6.96. The van der Waals surface area contributed by atoms with Crippen LogP contribution in [0.15, 0.2) is 79.0 Å². The summed E-state index contributed by atoms with van der Waals surface area (Å²) in [6, 6.07) is 25.1. The number of nitrogens with zero attached hydrogens (tertiary/aromatic N) is 4. The second-order valence-corrected chi connectivity index (χ2v) is 11.6. The minimum absolute atomic E-state index is 0.0891. The van der Waals surface area contributed by atoms with E-state index >= 15 is 0 Å². The molecule has 0 bridgehead atoms. The number of hydrogen-bond acceptors (Lipinski definition) is 3. The second kappa shape index (κ2) is 10.7. The molecule has 0 amide bonds. The van der Waals surface area contributed by atoms with Gasteiger partial charge in [-0.3, -0.25) is 4.98 Å². The quantitative estimate of drug-likeness (QED) is 0.257. The molecule has 0 radical (unpaired) electrons. The highest BCUT2D eigenvalue weighted by molar-refractivity contribution is 7.80. The van der Waals surface area contributed by atoms with E-state index in [-0.39, 0.29) is 12.1 Å². The highest BCUT2D eigenvalue weighted by Crippen LogP contribution is 2.45. The zero-order valence-corrected chi connectivity index (χ0v) is 24.2. The summed E-state index contributed by atoms with van der Waals surface area (Å²) in [7, 11) is 0. The van der Waals surface area contributed by atoms with Gasteiger partial charge in [0.1, 0.15) is 0 Å². The summed E-state index contributed by atoms with van der Waals surface area (Å²) in [5.74, 6) is 0.770. The molecule has 39 heavy (non-hydrogen) atoms. The van der Waals surface area contributed by atoms with Crippen molar-refractivity contribution in [2.45, 2.75) is 45.7 Å². The molecule has 2 aliphatic heterocycles. The molecule has 0 unspecified atom stereocenters. The predicted molar refractivity (Wildman–Crippen MR) is 165 cm³/mol. The fourth-order valence-corrected chi connectivity index (χ4v) is 6.80. The van der Waals surface area contributed by atoms with Crippen LogP contribution in [0.5, 0.6) is 0 Å². The Morgan fingerprint density at radius 2 is 1.67 bits per heavy atom. The van der Waals surface area contributed by atoms with Crippen LogP contribution in [0.25, 0.3) is 5.69 Å². The van der Waals surface area contributed by atoms with E-state index in [0.29, 0.717) is 5.11 Å². The Balaban J connectivity index is 1.43. The van der Waals surface area contributed by atoms with E-state index in [9.17, 15) is 0 Å². The molecular formula is C32H34ClN5S. The standard InChI is InChI=1S/C32H34ClN5S/c1-21-14-17-36(18-15-21)29-13-12-25(20-27(29)33)38-31(30(35-32(38)39)28-11-7-8-16-34-28)26-19-22(2)37(23(26)3)24-9-5-4-6-10-24/h4-13,16,19-21,30-31H,14-15,17-18H2,1-3H3,(H,35,39)/t30-,31-/m1/s1. The molecule has 7 heteroatoms. The van der Waals surface area contributed by atoms with Gasteiger partial charge in [-0.05, 0) is 98.9 Å². The summed E-state index contributed by atoms with van der Waals surface area (Å²) in [5, 5.41) is 5.04. The lowest BCUT2D eigenvalue weighted by Crippen LogP contribution is -2.33. The third-order valence-corrected chi connectivity index (χ3v) is 8.85. The molecular weight excluding hydrogens is 522 g/mol. The summed E-state index contributed by atoms with van der Waals surface area (Å²) in [5.41, 5.74) is 7.78. The van der Waals surface area contributed by atoms with Gasteiger partial charge in [0.05, 0.1) is 28.5 Å². The first-order valence-corrected chi connectivity index (χ1v) is 14.5. The predicted octanol–water partition coefficient (Wildman–Crippen LogP) is 7.56. The number of hydrogen-bond donors (Lipinski definition) is 1. The molecule has 6 rings (SSSR count). The van der Waals surface area contributed by atoms with Crippen molar-refractivity contribution in [3.05, 3.63) is 107 Å². The van der Waals surface area contributed by atoms with Crippen LogP contribution in [0.2, 0.25) is 5.02 Å². The summed E-state index contributed by atoms with van der Waals surface area (Å²) in [6.07, 6.45) is 4.24. The van der Waals surface area contributed by atoms with Gasteiger partial charge in [0.15, 0.2) is 5.11 Å². The molecule has 0 saturated carbocycles. The van der Waals surface area contributed by atoms with Gasteiger partial charge >= 0.3 is 0 Å². The molecule has 4 heterocycles. The Labute approximate surface area is 241 Å². The SMILES string of the molecule is Cc1cc([C@@H]2[C@@H](c3ccccn3)NC(=S)N2c2ccc(N3CCC(C)CC3)c(Cl)c2)c(C)n1-c1ccccc1. The van der Waals surface area contributed by atoms with Gasteiger partial charge in [-0.2, -0.15) is 0 Å². The van der Waals surface area contributed by atoms with Crippen molar-refractivity contribution < 1.29 is 0 Å². The van der Waals surface area contributed by atoms with E-state index in [2.05, 4.69) is 101 Å². The second-order valence-electron chi connectivity index (χ2n) is 10.8. The average Bonchev–Trinajstić information content (AvgIpc) is 3.45. The first kappa shape index (κ1) is 25.9. The van der Waals surface area contributed by atoms with Gasteiger partial charge in [0.2, 0.25) is 0 Å². The number of thiocarbonyl (C=S) groups is 1. The van der Waals surface area contributed by atoms with Crippen molar-refractivity contribution in [1.29, 1.82) is 0 Å². The molecule has 2 fully saturated rings. The van der Waals surface area contributed by atoms with E-state index in [1.807, 2.05) is 18.3 Å². The fraction of sp³-hybridized carbons (Fsp3) is 0.312. The molecule has 2 aromatic heterocycles. The van der Waals surface area contributed by atoms with Crippen LogP contribution < -0.4 is 15.1 Å². The van der Waals surface area contributed by atoms with Crippen LogP contribution in [0.3, 0.4) is 0 Å². The zero-order chi connectivity index (χ0) is 27.1. The number of pyridine rings is 1. The highest BCUT2D eigenvalue weighted by Gasteiger charge is 2.42. The lowest BCUT2D eigenvalue weighted by atomic mass is 9.96. The number of nitrogens with one attached hydrogen (secondary N) is 1. The highest BCUT2D eigenvalue weighted by atomic mass is 35.5. The van der Waals surface area contributed by atoms with Crippen LogP contribution in [0.1, 0.15) is 54.5 Å². The average molecular weight is 556 g/mol. The van der Waals surface area contributed by atoms with Gasteiger partial charge in [-0.25, -0.2) is 0 Å². The van der Waals surface area contributed by atoms with E-state index in [1.165, 1.54) is 29.8 Å². The van der Waals surface area contributed by atoms with E-state index in [0.717, 1.165) is 46.8 Å². The number of para-hydroxylation sites is 1. The van der Waals surface area contributed by atoms with Crippen LogP contribution in [0.4, 0.5) is 11.4 Å². The number of benzene rings is 2. The van der Waals surface area contributed by atoms with Crippen molar-refractivity contribution in [1.82, 2.24) is 14.9 Å². The van der Waals surface area contributed by atoms with Crippen molar-refractivity contribution in [3.8, 4) is 5.69 Å². The van der Waals surface area contributed by atoms with Gasteiger partial charge in [-0.1, -0.05) is 42.8 Å². The Hall–Kier alpha value is -3.35. The summed E-state index contributed by atoms with van der Waals surface area (Å²) in [4.78, 5) is 9.36. The molecule has 5 nitrogen and oxygen atoms in total. The van der Waals surface area contributed by atoms with E-state index in [1.54, 1.807) is 0 Å². The maximum atomic E-state index is 6.96. The monoisotopic (exact) mass is 555 g/mol. The Bertz CT molecular complexity index is 1480. The zero-order valence-electron chi connectivity index (χ0n) is 22.6. The number of aromatic nitrogens is 2. The first-order valence-electron chi connectivity index (χ1n) is 13.7. The van der Waals surface area contributed by atoms with Crippen LogP contribution in [0, 0.1) is 19.8 Å². The van der Waals surface area contributed by atoms with E-state index < -0.39 is 0 Å². The summed E-state index contributed by atoms with van der Waals surface area (Å²) < 4.78 is 2.32. The minimum Gasteiger partial charge on any atom is -0.370 e. The number of halogens is 1. The fourth-order valence-electron chi connectivity index (χ4n) is 6.16. The van der Waals surface area contributed by atoms with Gasteiger partial charge in [0, 0.05) is 42.0 Å². The van der Waals surface area contributed by atoms with Crippen LogP contribution in [-0.4, -0.2) is 27.8 Å². The number of rotatable bonds is 5. The molecule has 1 N–H and O–H groups in total. The summed E-state index contributed by atoms with van der Waals surface area (Å²) >= 11 is 13.0. The van der Waals surface area contributed by atoms with Gasteiger partial charge in [0.25, 0.3) is 0 Å². The number of piperidine rings is 1. The van der Waals surface area contributed by atoms with Crippen LogP contribution >= 0.6 is 23.8 Å². The summed E-state index contributed by atoms with van der Waals surface area (Å²) in [6.45, 7) is 8.77. The lowest BCUT2D eigenvalue weighted by Gasteiger charge is -2.33. The van der Waals surface area contributed by atoms with Crippen molar-refractivity contribution in [3.63, 3.8) is 0 Å². The minimum atomic E-state index is -0.106. The molecule has 2 atom stereocenters. The Morgan fingerprint density at radius 3 is 2.36 bits per heavy atom. The molecule has 2 aromatic carbocycles. The first-order chi connectivity index (χ1) is 18.9. The third-order valence-electron chi connectivity index (χ3n) is 8.24. The van der Waals surface area contributed by atoms with Gasteiger partial charge in [-0.15, -0.1) is 0 Å². The Kier molecular flexibility index (Phi) is 7.08. The van der Waals surface area contributed by atoms with Crippen molar-refractivity contribution in [2.24, 2.45) is 5.92 Å². The molecule has 2 saturated heterocycles. The Morgan fingerprint density at radius 1 is 0.923 bits per heavy atom.